The third kappa shape index (κ3) is 2.01. The normalized spacial score (nSPS) is 10.1. The molecule has 0 radical (unpaired) electrons. The number of carbonyl (C=O) groups excluding carboxylic acids is 1. The Bertz CT molecular complexity index is 523. The summed E-state index contributed by atoms with van der Waals surface area (Å²) in [4.78, 5) is 20.7. The van der Waals surface area contributed by atoms with E-state index in [-0.39, 0.29) is 0 Å². The maximum Gasteiger partial charge on any atom is 0.258 e. The maximum atomic E-state index is 11.0. The average molecular weight is 234 g/mol. The van der Waals surface area contributed by atoms with Crippen molar-refractivity contribution in [2.45, 2.75) is 0 Å². The smallest absolute Gasteiger partial charge is 0.258 e. The number of anilines is 1. The molecule has 5 nitrogen and oxygen atoms in total. The van der Waals surface area contributed by atoms with Crippen LogP contribution in [0.5, 0.6) is 0 Å². The SMILES string of the molecule is CNc1nccc(-c2ccc(C(N)=O)s2)n1. The van der Waals surface area contributed by atoms with E-state index in [1.54, 1.807) is 25.4 Å². The predicted octanol–water partition coefficient (Wildman–Crippen LogP) is 1.35. The number of thiophene rings is 1. The summed E-state index contributed by atoms with van der Waals surface area (Å²) < 4.78 is 0. The van der Waals surface area contributed by atoms with Crippen molar-refractivity contribution in [3.8, 4) is 10.6 Å². The molecule has 0 atom stereocenters. The summed E-state index contributed by atoms with van der Waals surface area (Å²) in [6.45, 7) is 0. The monoisotopic (exact) mass is 234 g/mol. The van der Waals surface area contributed by atoms with Crippen LogP contribution < -0.4 is 11.1 Å². The van der Waals surface area contributed by atoms with E-state index in [0.717, 1.165) is 10.6 Å². The number of carbonyl (C=O) groups is 1. The highest BCUT2D eigenvalue weighted by Gasteiger charge is 2.08. The van der Waals surface area contributed by atoms with Gasteiger partial charge in [-0.3, -0.25) is 4.79 Å². The second kappa shape index (κ2) is 4.28. The number of aromatic nitrogens is 2. The van der Waals surface area contributed by atoms with E-state index in [0.29, 0.717) is 10.8 Å². The zero-order valence-electron chi connectivity index (χ0n) is 8.60. The van der Waals surface area contributed by atoms with Crippen LogP contribution in [0.4, 0.5) is 5.95 Å². The number of hydrogen-bond acceptors (Lipinski definition) is 5. The number of hydrogen-bond donors (Lipinski definition) is 2. The van der Waals surface area contributed by atoms with Crippen LogP contribution in [0.3, 0.4) is 0 Å². The first kappa shape index (κ1) is 10.6. The average Bonchev–Trinajstić information content (AvgIpc) is 2.78. The highest BCUT2D eigenvalue weighted by molar-refractivity contribution is 7.17. The molecule has 0 unspecified atom stereocenters. The quantitative estimate of drug-likeness (QED) is 0.839. The molecule has 2 rings (SSSR count). The fourth-order valence-electron chi connectivity index (χ4n) is 1.22. The minimum atomic E-state index is -0.417. The minimum absolute atomic E-state index is 0.417. The zero-order chi connectivity index (χ0) is 11.5. The number of nitrogens with two attached hydrogens (primary N) is 1. The molecular weight excluding hydrogens is 224 g/mol. The topological polar surface area (TPSA) is 80.9 Å². The summed E-state index contributed by atoms with van der Waals surface area (Å²) >= 11 is 1.32. The van der Waals surface area contributed by atoms with Crippen LogP contribution in [0.15, 0.2) is 24.4 Å². The number of nitrogens with one attached hydrogen (secondary N) is 1. The van der Waals surface area contributed by atoms with Crippen molar-refractivity contribution >= 4 is 23.2 Å². The van der Waals surface area contributed by atoms with Gasteiger partial charge in [0.25, 0.3) is 5.91 Å². The fourth-order valence-corrected chi connectivity index (χ4v) is 2.05. The van der Waals surface area contributed by atoms with Crippen LogP contribution in [0, 0.1) is 0 Å². The molecular formula is C10H10N4OS. The molecule has 0 aliphatic carbocycles. The second-order valence-electron chi connectivity index (χ2n) is 3.04. The molecule has 0 saturated heterocycles. The van der Waals surface area contributed by atoms with Crippen LogP contribution in [0.1, 0.15) is 9.67 Å². The van der Waals surface area contributed by atoms with E-state index in [4.69, 9.17) is 5.73 Å². The summed E-state index contributed by atoms with van der Waals surface area (Å²) in [5.74, 6) is 0.130. The van der Waals surface area contributed by atoms with E-state index in [9.17, 15) is 4.79 Å². The van der Waals surface area contributed by atoms with Gasteiger partial charge in [0.15, 0.2) is 0 Å². The second-order valence-corrected chi connectivity index (χ2v) is 4.13. The molecule has 0 spiro atoms. The third-order valence-electron chi connectivity index (χ3n) is 1.98. The molecule has 2 heterocycles. The molecule has 82 valence electrons. The molecule has 3 N–H and O–H groups in total. The number of rotatable bonds is 3. The Labute approximate surface area is 96.3 Å². The Kier molecular flexibility index (Phi) is 2.82. The zero-order valence-corrected chi connectivity index (χ0v) is 9.41. The molecule has 2 aromatic rings. The van der Waals surface area contributed by atoms with Gasteiger partial charge < -0.3 is 11.1 Å². The molecule has 2 aromatic heterocycles. The molecule has 16 heavy (non-hydrogen) atoms. The summed E-state index contributed by atoms with van der Waals surface area (Å²) in [7, 11) is 1.75. The lowest BCUT2D eigenvalue weighted by molar-refractivity contribution is 0.100. The molecule has 0 aromatic carbocycles. The van der Waals surface area contributed by atoms with Gasteiger partial charge in [0, 0.05) is 13.2 Å². The Morgan fingerprint density at radius 3 is 2.88 bits per heavy atom. The first-order chi connectivity index (χ1) is 7.70. The van der Waals surface area contributed by atoms with E-state index in [2.05, 4.69) is 15.3 Å². The summed E-state index contributed by atoms with van der Waals surface area (Å²) in [5.41, 5.74) is 5.96. The number of nitrogens with zero attached hydrogens (tertiary/aromatic N) is 2. The van der Waals surface area contributed by atoms with Crippen molar-refractivity contribution in [1.29, 1.82) is 0 Å². The van der Waals surface area contributed by atoms with Crippen molar-refractivity contribution < 1.29 is 4.79 Å². The molecule has 0 aliphatic rings. The van der Waals surface area contributed by atoms with Crippen LogP contribution >= 0.6 is 11.3 Å². The van der Waals surface area contributed by atoms with E-state index in [1.165, 1.54) is 11.3 Å². The Hall–Kier alpha value is -1.95. The first-order valence-electron chi connectivity index (χ1n) is 4.61. The molecule has 0 bridgehead atoms. The van der Waals surface area contributed by atoms with Gasteiger partial charge in [0.05, 0.1) is 15.4 Å². The molecule has 1 amide bonds. The number of primary amides is 1. The van der Waals surface area contributed by atoms with Gasteiger partial charge in [-0.2, -0.15) is 0 Å². The summed E-state index contributed by atoms with van der Waals surface area (Å²) in [6, 6.07) is 5.31. The van der Waals surface area contributed by atoms with Gasteiger partial charge in [-0.15, -0.1) is 11.3 Å². The van der Waals surface area contributed by atoms with Crippen molar-refractivity contribution in [2.24, 2.45) is 5.73 Å². The van der Waals surface area contributed by atoms with Gasteiger partial charge in [-0.1, -0.05) is 0 Å². The van der Waals surface area contributed by atoms with E-state index in [1.807, 2.05) is 6.07 Å². The summed E-state index contributed by atoms with van der Waals surface area (Å²) in [6.07, 6.45) is 1.66. The minimum Gasteiger partial charge on any atom is -0.365 e. The van der Waals surface area contributed by atoms with Crippen LogP contribution in [-0.2, 0) is 0 Å². The lowest BCUT2D eigenvalue weighted by Gasteiger charge is -1.99. The van der Waals surface area contributed by atoms with Crippen molar-refractivity contribution in [3.05, 3.63) is 29.3 Å². The lowest BCUT2D eigenvalue weighted by Crippen LogP contribution is -2.07. The van der Waals surface area contributed by atoms with E-state index < -0.39 is 5.91 Å². The largest absolute Gasteiger partial charge is 0.365 e. The van der Waals surface area contributed by atoms with Crippen molar-refractivity contribution in [3.63, 3.8) is 0 Å². The van der Waals surface area contributed by atoms with Crippen LogP contribution in [0.25, 0.3) is 10.6 Å². The standard InChI is InChI=1S/C10H10N4OS/c1-12-10-13-5-4-6(14-10)7-2-3-8(16-7)9(11)15/h2-5H,1H3,(H2,11,15)(H,12,13,14). The molecule has 6 heteroatoms. The Morgan fingerprint density at radius 1 is 1.44 bits per heavy atom. The van der Waals surface area contributed by atoms with Crippen LogP contribution in [0.2, 0.25) is 0 Å². The Morgan fingerprint density at radius 2 is 2.25 bits per heavy atom. The Balaban J connectivity index is 2.38. The fraction of sp³-hybridized carbons (Fsp3) is 0.100. The molecule has 0 saturated carbocycles. The molecule has 0 aliphatic heterocycles. The van der Waals surface area contributed by atoms with Gasteiger partial charge >= 0.3 is 0 Å². The third-order valence-corrected chi connectivity index (χ3v) is 3.10. The van der Waals surface area contributed by atoms with Gasteiger partial charge in [-0.05, 0) is 18.2 Å². The maximum absolute atomic E-state index is 11.0. The molecule has 0 fully saturated rings. The van der Waals surface area contributed by atoms with Crippen molar-refractivity contribution in [2.75, 3.05) is 12.4 Å². The highest BCUT2D eigenvalue weighted by Crippen LogP contribution is 2.26. The van der Waals surface area contributed by atoms with Crippen molar-refractivity contribution in [1.82, 2.24) is 9.97 Å². The lowest BCUT2D eigenvalue weighted by atomic mass is 10.3. The predicted molar refractivity (Wildman–Crippen MR) is 63.4 cm³/mol. The van der Waals surface area contributed by atoms with Crippen LogP contribution in [-0.4, -0.2) is 22.9 Å². The van der Waals surface area contributed by atoms with Gasteiger partial charge in [0.2, 0.25) is 5.95 Å². The highest BCUT2D eigenvalue weighted by atomic mass is 32.1. The van der Waals surface area contributed by atoms with E-state index >= 15 is 0 Å². The van der Waals surface area contributed by atoms with Gasteiger partial charge in [-0.25, -0.2) is 9.97 Å². The van der Waals surface area contributed by atoms with Gasteiger partial charge in [0.1, 0.15) is 0 Å². The first-order valence-corrected chi connectivity index (χ1v) is 5.43. The number of amides is 1. The summed E-state index contributed by atoms with van der Waals surface area (Å²) in [5, 5.41) is 2.86.